The van der Waals surface area contributed by atoms with E-state index in [1.54, 1.807) is 13.3 Å². The number of methoxy groups -OCH3 is 1. The molecule has 0 bridgehead atoms. The van der Waals surface area contributed by atoms with Gasteiger partial charge in [-0.1, -0.05) is 11.6 Å². The second kappa shape index (κ2) is 11.4. The normalized spacial score (nSPS) is 15.8. The summed E-state index contributed by atoms with van der Waals surface area (Å²) in [5.74, 6) is 1.73. The third-order valence-electron chi connectivity index (χ3n) is 6.78. The average Bonchev–Trinajstić information content (AvgIpc) is 3.09. The summed E-state index contributed by atoms with van der Waals surface area (Å²) in [7, 11) is 1.64. The van der Waals surface area contributed by atoms with Gasteiger partial charge in [0.25, 0.3) is 0 Å². The van der Waals surface area contributed by atoms with Crippen LogP contribution < -0.4 is 25.2 Å². The smallest absolute Gasteiger partial charge is 0.229 e. The summed E-state index contributed by atoms with van der Waals surface area (Å²) in [6.07, 6.45) is 3.79. The molecule has 10 heteroatoms. The van der Waals surface area contributed by atoms with E-state index >= 15 is 0 Å². The second-order valence-electron chi connectivity index (χ2n) is 9.68. The number of nitrogens with one attached hydrogen (secondary N) is 2. The van der Waals surface area contributed by atoms with Crippen molar-refractivity contribution in [2.24, 2.45) is 0 Å². The Balaban J connectivity index is 1.36. The van der Waals surface area contributed by atoms with E-state index < -0.39 is 0 Å². The Morgan fingerprint density at radius 3 is 2.66 bits per heavy atom. The minimum absolute atomic E-state index is 0.103. The van der Waals surface area contributed by atoms with E-state index in [0.29, 0.717) is 42.2 Å². The molecule has 200 valence electrons. The van der Waals surface area contributed by atoms with Crippen LogP contribution in [0.5, 0.6) is 5.75 Å². The summed E-state index contributed by atoms with van der Waals surface area (Å²) in [5.41, 5.74) is 4.78. The monoisotopic (exact) mass is 536 g/mol. The number of amides is 1. The van der Waals surface area contributed by atoms with Crippen molar-refractivity contribution in [2.45, 2.75) is 39.2 Å². The molecule has 0 radical (unpaired) electrons. The largest absolute Gasteiger partial charge is 0.494 e. The van der Waals surface area contributed by atoms with E-state index in [0.717, 1.165) is 54.2 Å². The summed E-state index contributed by atoms with van der Waals surface area (Å²) < 4.78 is 11.1. The van der Waals surface area contributed by atoms with Crippen molar-refractivity contribution in [1.82, 2.24) is 9.97 Å². The van der Waals surface area contributed by atoms with E-state index in [4.69, 9.17) is 21.1 Å². The number of anilines is 6. The summed E-state index contributed by atoms with van der Waals surface area (Å²) in [6, 6.07) is 12.1. The highest BCUT2D eigenvalue weighted by atomic mass is 35.5. The zero-order chi connectivity index (χ0) is 26.6. The van der Waals surface area contributed by atoms with Crippen LogP contribution >= 0.6 is 11.6 Å². The van der Waals surface area contributed by atoms with E-state index in [-0.39, 0.29) is 11.9 Å². The minimum Gasteiger partial charge on any atom is -0.494 e. The molecule has 3 heterocycles. The Labute approximate surface area is 228 Å². The number of nitrogens with zero attached hydrogens (tertiary/aromatic N) is 4. The lowest BCUT2D eigenvalue weighted by atomic mass is 10.1. The highest BCUT2D eigenvalue weighted by Crippen LogP contribution is 2.35. The molecule has 2 N–H and O–H groups in total. The number of fused-ring (bicyclic) bond motifs is 1. The Morgan fingerprint density at radius 2 is 1.89 bits per heavy atom. The fraction of sp³-hybridized carbons (Fsp3) is 0.393. The van der Waals surface area contributed by atoms with Gasteiger partial charge in [-0.3, -0.25) is 4.79 Å². The molecule has 3 aromatic rings. The Bertz CT molecular complexity index is 1310. The predicted octanol–water partition coefficient (Wildman–Crippen LogP) is 5.54. The number of hydrogen-bond donors (Lipinski definition) is 2. The molecular formula is C28H33ClN6O3. The van der Waals surface area contributed by atoms with Crippen LogP contribution in [0.1, 0.15) is 32.3 Å². The van der Waals surface area contributed by atoms with E-state index in [9.17, 15) is 4.79 Å². The van der Waals surface area contributed by atoms with Crippen LogP contribution in [0.25, 0.3) is 0 Å². The first-order valence-electron chi connectivity index (χ1n) is 12.9. The molecule has 9 nitrogen and oxygen atoms in total. The molecule has 0 atom stereocenters. The number of rotatable bonds is 7. The molecule has 0 spiro atoms. The van der Waals surface area contributed by atoms with Gasteiger partial charge in [-0.2, -0.15) is 4.98 Å². The van der Waals surface area contributed by atoms with Crippen molar-refractivity contribution in [1.29, 1.82) is 0 Å². The van der Waals surface area contributed by atoms with Gasteiger partial charge < -0.3 is 29.9 Å². The molecule has 0 unspecified atom stereocenters. The summed E-state index contributed by atoms with van der Waals surface area (Å²) in [4.78, 5) is 25.8. The lowest BCUT2D eigenvalue weighted by Gasteiger charge is -2.29. The Kier molecular flexibility index (Phi) is 7.85. The maximum Gasteiger partial charge on any atom is 0.229 e. The Hall–Kier alpha value is -3.56. The molecule has 38 heavy (non-hydrogen) atoms. The quantitative estimate of drug-likeness (QED) is 0.406. The number of aryl methyl sites for hydroxylation is 1. The predicted molar refractivity (Wildman–Crippen MR) is 152 cm³/mol. The van der Waals surface area contributed by atoms with Crippen LogP contribution in [0.15, 0.2) is 42.6 Å². The van der Waals surface area contributed by atoms with Crippen molar-refractivity contribution in [3.8, 4) is 5.75 Å². The molecule has 2 aromatic carbocycles. The molecule has 2 aliphatic heterocycles. The first kappa shape index (κ1) is 26.1. The van der Waals surface area contributed by atoms with Crippen LogP contribution in [0.2, 0.25) is 5.02 Å². The van der Waals surface area contributed by atoms with Crippen molar-refractivity contribution in [2.75, 3.05) is 53.8 Å². The zero-order valence-electron chi connectivity index (χ0n) is 22.0. The van der Waals surface area contributed by atoms with Crippen LogP contribution in [-0.2, 0) is 16.0 Å². The van der Waals surface area contributed by atoms with E-state index in [1.807, 2.05) is 49.1 Å². The number of aromatic nitrogens is 2. The van der Waals surface area contributed by atoms with Crippen LogP contribution in [0, 0.1) is 0 Å². The highest BCUT2D eigenvalue weighted by molar-refractivity contribution is 6.33. The van der Waals surface area contributed by atoms with Gasteiger partial charge >= 0.3 is 0 Å². The fourth-order valence-electron chi connectivity index (χ4n) is 4.92. The van der Waals surface area contributed by atoms with Crippen LogP contribution in [-0.4, -0.2) is 55.3 Å². The molecule has 1 saturated heterocycles. The summed E-state index contributed by atoms with van der Waals surface area (Å²) >= 11 is 6.45. The van der Waals surface area contributed by atoms with Crippen molar-refractivity contribution in [3.05, 3.63) is 53.2 Å². The third kappa shape index (κ3) is 5.63. The number of ether oxygens (including phenoxy) is 2. The van der Waals surface area contributed by atoms with Gasteiger partial charge in [-0.25, -0.2) is 4.98 Å². The minimum atomic E-state index is 0.103. The van der Waals surface area contributed by atoms with Gasteiger partial charge in [-0.15, -0.1) is 0 Å². The average molecular weight is 537 g/mol. The highest BCUT2D eigenvalue weighted by Gasteiger charge is 2.24. The van der Waals surface area contributed by atoms with Crippen molar-refractivity contribution >= 4 is 52.0 Å². The number of morpholine rings is 1. The molecule has 1 aromatic heterocycles. The zero-order valence-corrected chi connectivity index (χ0v) is 22.7. The summed E-state index contributed by atoms with van der Waals surface area (Å²) in [6.45, 7) is 7.20. The van der Waals surface area contributed by atoms with Gasteiger partial charge in [0.1, 0.15) is 10.8 Å². The van der Waals surface area contributed by atoms with Gasteiger partial charge in [0.05, 0.1) is 32.2 Å². The maximum absolute atomic E-state index is 12.6. The van der Waals surface area contributed by atoms with Gasteiger partial charge in [0.2, 0.25) is 11.9 Å². The standard InChI is InChI=1S/C28H33ClN6O3/c1-18(2)35-24-10-7-20(15-19(24)5-4-6-26(35)36)31-28-30-17-22(29)27(33-28)32-23-9-8-21(16-25(23)37-3)34-11-13-38-14-12-34/h7-10,15-18H,4-6,11-14H2,1-3H3,(H2,30,31,32,33). The number of halogens is 1. The molecule has 0 saturated carbocycles. The summed E-state index contributed by atoms with van der Waals surface area (Å²) in [5, 5.41) is 6.98. The lowest BCUT2D eigenvalue weighted by molar-refractivity contribution is -0.118. The van der Waals surface area contributed by atoms with Crippen molar-refractivity contribution < 1.29 is 14.3 Å². The second-order valence-corrected chi connectivity index (χ2v) is 10.1. The topological polar surface area (TPSA) is 91.8 Å². The molecule has 0 aliphatic carbocycles. The number of benzene rings is 2. The molecule has 1 fully saturated rings. The number of carbonyl (C=O) groups excluding carboxylic acids is 1. The first-order valence-corrected chi connectivity index (χ1v) is 13.3. The third-order valence-corrected chi connectivity index (χ3v) is 7.05. The SMILES string of the molecule is COc1cc(N2CCOCC2)ccc1Nc1nc(Nc2ccc3c(c2)CCCC(=O)N3C(C)C)ncc1Cl. The molecule has 1 amide bonds. The maximum atomic E-state index is 12.6. The molecular weight excluding hydrogens is 504 g/mol. The van der Waals surface area contributed by atoms with E-state index in [2.05, 4.69) is 31.6 Å². The molecule has 5 rings (SSSR count). The first-order chi connectivity index (χ1) is 18.4. The van der Waals surface area contributed by atoms with Crippen molar-refractivity contribution in [3.63, 3.8) is 0 Å². The Morgan fingerprint density at radius 1 is 1.08 bits per heavy atom. The van der Waals surface area contributed by atoms with Gasteiger partial charge in [-0.05, 0) is 62.6 Å². The number of carbonyl (C=O) groups is 1. The van der Waals surface area contributed by atoms with Crippen LogP contribution in [0.4, 0.5) is 34.5 Å². The fourth-order valence-corrected chi connectivity index (χ4v) is 5.06. The molecule has 2 aliphatic rings. The van der Waals surface area contributed by atoms with Gasteiger partial charge in [0, 0.05) is 48.7 Å². The number of hydrogen-bond acceptors (Lipinski definition) is 8. The lowest BCUT2D eigenvalue weighted by Crippen LogP contribution is -2.36. The van der Waals surface area contributed by atoms with Crippen LogP contribution in [0.3, 0.4) is 0 Å². The van der Waals surface area contributed by atoms with E-state index in [1.165, 1.54) is 0 Å². The van der Waals surface area contributed by atoms with Gasteiger partial charge in [0.15, 0.2) is 5.82 Å².